The SMILES string of the molecule is CO[C@H](C)CNC(=O)c1nc(NC(C)c2cccnc2)nc2cc(C)sc12. The van der Waals surface area contributed by atoms with Crippen molar-refractivity contribution in [1.82, 2.24) is 20.3 Å². The molecule has 0 aliphatic rings. The molecule has 3 aromatic heterocycles. The molecule has 1 unspecified atom stereocenters. The first kappa shape index (κ1) is 19.2. The smallest absolute Gasteiger partial charge is 0.271 e. The second-order valence-corrected chi connectivity index (χ2v) is 7.63. The van der Waals surface area contributed by atoms with E-state index in [0.29, 0.717) is 18.2 Å². The van der Waals surface area contributed by atoms with Gasteiger partial charge in [-0.15, -0.1) is 11.3 Å². The fourth-order valence-electron chi connectivity index (χ4n) is 2.58. The molecule has 0 bridgehead atoms. The van der Waals surface area contributed by atoms with Crippen molar-refractivity contribution < 1.29 is 9.53 Å². The van der Waals surface area contributed by atoms with E-state index in [1.807, 2.05) is 39.0 Å². The number of methoxy groups -OCH3 is 1. The monoisotopic (exact) mass is 385 g/mol. The van der Waals surface area contributed by atoms with Gasteiger partial charge in [-0.25, -0.2) is 9.97 Å². The predicted octanol–water partition coefficient (Wildman–Crippen LogP) is 3.33. The minimum Gasteiger partial charge on any atom is -0.380 e. The molecule has 0 aliphatic heterocycles. The minimum absolute atomic E-state index is 0.0414. The summed E-state index contributed by atoms with van der Waals surface area (Å²) in [6.07, 6.45) is 3.46. The van der Waals surface area contributed by atoms with Crippen molar-refractivity contribution in [3.05, 3.63) is 46.7 Å². The van der Waals surface area contributed by atoms with Crippen LogP contribution in [0.3, 0.4) is 0 Å². The Balaban J connectivity index is 1.89. The lowest BCUT2D eigenvalue weighted by Gasteiger charge is -2.15. The molecule has 2 atom stereocenters. The third kappa shape index (κ3) is 4.58. The second kappa shape index (κ2) is 8.41. The van der Waals surface area contributed by atoms with Gasteiger partial charge in [-0.2, -0.15) is 0 Å². The summed E-state index contributed by atoms with van der Waals surface area (Å²) in [4.78, 5) is 27.0. The highest BCUT2D eigenvalue weighted by atomic mass is 32.1. The highest BCUT2D eigenvalue weighted by molar-refractivity contribution is 7.19. The van der Waals surface area contributed by atoms with E-state index in [4.69, 9.17) is 4.74 Å². The van der Waals surface area contributed by atoms with Crippen LogP contribution in [0.25, 0.3) is 10.2 Å². The first-order chi connectivity index (χ1) is 13.0. The molecule has 142 valence electrons. The van der Waals surface area contributed by atoms with Gasteiger partial charge in [0.1, 0.15) is 0 Å². The first-order valence-corrected chi connectivity index (χ1v) is 9.55. The van der Waals surface area contributed by atoms with E-state index >= 15 is 0 Å². The number of anilines is 1. The average molecular weight is 385 g/mol. The minimum atomic E-state index is -0.231. The zero-order valence-corrected chi connectivity index (χ0v) is 16.6. The number of thiophene rings is 1. The molecule has 0 radical (unpaired) electrons. The van der Waals surface area contributed by atoms with E-state index in [9.17, 15) is 4.79 Å². The number of hydrogen-bond acceptors (Lipinski definition) is 7. The number of rotatable bonds is 7. The quantitative estimate of drug-likeness (QED) is 0.648. The molecule has 3 rings (SSSR count). The first-order valence-electron chi connectivity index (χ1n) is 8.73. The van der Waals surface area contributed by atoms with Gasteiger partial charge in [-0.1, -0.05) is 6.07 Å². The van der Waals surface area contributed by atoms with Crippen LogP contribution >= 0.6 is 11.3 Å². The summed E-state index contributed by atoms with van der Waals surface area (Å²) in [6, 6.07) is 5.80. The fourth-order valence-corrected chi connectivity index (χ4v) is 3.52. The lowest BCUT2D eigenvalue weighted by molar-refractivity contribution is 0.0868. The van der Waals surface area contributed by atoms with Gasteiger partial charge >= 0.3 is 0 Å². The van der Waals surface area contributed by atoms with Gasteiger partial charge in [0.15, 0.2) is 5.69 Å². The number of nitrogens with zero attached hydrogens (tertiary/aromatic N) is 3. The molecule has 0 aromatic carbocycles. The van der Waals surface area contributed by atoms with E-state index in [2.05, 4.69) is 25.6 Å². The van der Waals surface area contributed by atoms with Crippen LogP contribution in [0.15, 0.2) is 30.6 Å². The summed E-state index contributed by atoms with van der Waals surface area (Å²) in [5, 5.41) is 6.15. The molecule has 2 N–H and O–H groups in total. The molecule has 3 aromatic rings. The normalized spacial score (nSPS) is 13.3. The van der Waals surface area contributed by atoms with Gasteiger partial charge in [0.2, 0.25) is 5.95 Å². The number of pyridine rings is 1. The highest BCUT2D eigenvalue weighted by Crippen LogP contribution is 2.28. The molecule has 0 spiro atoms. The Labute approximate surface area is 162 Å². The summed E-state index contributed by atoms with van der Waals surface area (Å²) >= 11 is 1.52. The zero-order valence-electron chi connectivity index (χ0n) is 15.8. The van der Waals surface area contributed by atoms with E-state index in [1.165, 1.54) is 11.3 Å². The Kier molecular flexibility index (Phi) is 5.98. The summed E-state index contributed by atoms with van der Waals surface area (Å²) in [5.74, 6) is 0.187. The largest absolute Gasteiger partial charge is 0.380 e. The van der Waals surface area contributed by atoms with Crippen LogP contribution in [0.5, 0.6) is 0 Å². The van der Waals surface area contributed by atoms with Crippen molar-refractivity contribution >= 4 is 33.4 Å². The van der Waals surface area contributed by atoms with Gasteiger partial charge in [0.25, 0.3) is 5.91 Å². The number of hydrogen-bond donors (Lipinski definition) is 2. The number of aryl methyl sites for hydroxylation is 1. The highest BCUT2D eigenvalue weighted by Gasteiger charge is 2.18. The van der Waals surface area contributed by atoms with Gasteiger partial charge < -0.3 is 15.4 Å². The van der Waals surface area contributed by atoms with Crippen molar-refractivity contribution in [2.45, 2.75) is 32.9 Å². The van der Waals surface area contributed by atoms with Crippen LogP contribution in [-0.4, -0.2) is 40.6 Å². The van der Waals surface area contributed by atoms with Crippen LogP contribution < -0.4 is 10.6 Å². The Morgan fingerprint density at radius 2 is 2.15 bits per heavy atom. The van der Waals surface area contributed by atoms with Gasteiger partial charge in [0, 0.05) is 30.9 Å². The Morgan fingerprint density at radius 3 is 2.85 bits per heavy atom. The van der Waals surface area contributed by atoms with Crippen molar-refractivity contribution in [1.29, 1.82) is 0 Å². The van der Waals surface area contributed by atoms with Crippen molar-refractivity contribution in [2.75, 3.05) is 19.0 Å². The van der Waals surface area contributed by atoms with Gasteiger partial charge in [-0.05, 0) is 38.5 Å². The number of ether oxygens (including phenoxy) is 1. The standard InChI is InChI=1S/C19H23N5O2S/c1-11(26-4)9-21-18(25)16-17-15(8-12(2)27-17)23-19(24-16)22-13(3)14-6-5-7-20-10-14/h5-8,10-11,13H,9H2,1-4H3,(H,21,25)(H,22,23,24)/t11-,13?/m1/s1. The topological polar surface area (TPSA) is 89.0 Å². The number of carbonyl (C=O) groups is 1. The number of carbonyl (C=O) groups excluding carboxylic acids is 1. The van der Waals surface area contributed by atoms with Crippen molar-refractivity contribution in [3.8, 4) is 0 Å². The lowest BCUT2D eigenvalue weighted by Crippen LogP contribution is -2.32. The summed E-state index contributed by atoms with van der Waals surface area (Å²) in [6.45, 7) is 6.31. The van der Waals surface area contributed by atoms with E-state index in [1.54, 1.807) is 19.5 Å². The molecule has 0 saturated carbocycles. The average Bonchev–Trinajstić information content (AvgIpc) is 3.05. The van der Waals surface area contributed by atoms with E-state index in [0.717, 1.165) is 20.7 Å². The van der Waals surface area contributed by atoms with Crippen molar-refractivity contribution in [3.63, 3.8) is 0 Å². The maximum Gasteiger partial charge on any atom is 0.271 e. The summed E-state index contributed by atoms with van der Waals surface area (Å²) in [7, 11) is 1.62. The van der Waals surface area contributed by atoms with Crippen LogP contribution in [0.2, 0.25) is 0 Å². The number of nitrogens with one attached hydrogen (secondary N) is 2. The number of amides is 1. The molecule has 1 amide bonds. The third-order valence-electron chi connectivity index (χ3n) is 4.19. The molecular weight excluding hydrogens is 362 g/mol. The number of aromatic nitrogens is 3. The van der Waals surface area contributed by atoms with Gasteiger partial charge in [0.05, 0.1) is 22.4 Å². The molecule has 8 heteroatoms. The Bertz CT molecular complexity index is 928. The molecular formula is C19H23N5O2S. The van der Waals surface area contributed by atoms with Crippen LogP contribution in [-0.2, 0) is 4.74 Å². The predicted molar refractivity (Wildman–Crippen MR) is 107 cm³/mol. The second-order valence-electron chi connectivity index (χ2n) is 6.38. The van der Waals surface area contributed by atoms with Crippen LogP contribution in [0, 0.1) is 6.92 Å². The molecule has 0 saturated heterocycles. The molecule has 3 heterocycles. The zero-order chi connectivity index (χ0) is 19.4. The number of fused-ring (bicyclic) bond motifs is 1. The maximum absolute atomic E-state index is 12.7. The van der Waals surface area contributed by atoms with E-state index < -0.39 is 0 Å². The molecule has 0 fully saturated rings. The Morgan fingerprint density at radius 1 is 1.33 bits per heavy atom. The molecule has 7 nitrogen and oxygen atoms in total. The third-order valence-corrected chi connectivity index (χ3v) is 5.24. The summed E-state index contributed by atoms with van der Waals surface area (Å²) in [5.41, 5.74) is 2.16. The maximum atomic E-state index is 12.7. The molecule has 0 aliphatic carbocycles. The Hall–Kier alpha value is -2.58. The fraction of sp³-hybridized carbons (Fsp3) is 0.368. The van der Waals surface area contributed by atoms with Crippen molar-refractivity contribution in [2.24, 2.45) is 0 Å². The van der Waals surface area contributed by atoms with Gasteiger partial charge in [-0.3, -0.25) is 9.78 Å². The summed E-state index contributed by atoms with van der Waals surface area (Å²) < 4.78 is 5.98. The van der Waals surface area contributed by atoms with E-state index in [-0.39, 0.29) is 18.1 Å². The van der Waals surface area contributed by atoms with Crippen LogP contribution in [0.1, 0.15) is 40.8 Å². The lowest BCUT2D eigenvalue weighted by atomic mass is 10.1. The molecule has 27 heavy (non-hydrogen) atoms. The van der Waals surface area contributed by atoms with Crippen LogP contribution in [0.4, 0.5) is 5.95 Å².